The van der Waals surface area contributed by atoms with Crippen molar-refractivity contribution in [1.29, 1.82) is 0 Å². The topological polar surface area (TPSA) is 56.2 Å². The van der Waals surface area contributed by atoms with Crippen LogP contribution in [-0.4, -0.2) is 21.8 Å². The van der Waals surface area contributed by atoms with Gasteiger partial charge in [-0.1, -0.05) is 18.2 Å². The molecule has 0 fully saturated rings. The van der Waals surface area contributed by atoms with Crippen molar-refractivity contribution >= 4 is 5.91 Å². The number of carbonyl (C=O) groups is 1. The number of carbonyl (C=O) groups excluding carboxylic acids is 1. The number of aryl methyl sites for hydroxylation is 1. The van der Waals surface area contributed by atoms with Gasteiger partial charge >= 0.3 is 6.36 Å². The maximum Gasteiger partial charge on any atom is 0.573 e. The van der Waals surface area contributed by atoms with Gasteiger partial charge in [0.2, 0.25) is 0 Å². The van der Waals surface area contributed by atoms with E-state index in [0.29, 0.717) is 5.69 Å². The fraction of sp³-hybridized carbons (Fsp3) is 0.231. The zero-order chi connectivity index (χ0) is 15.5. The van der Waals surface area contributed by atoms with Crippen LogP contribution in [0, 0.1) is 0 Å². The first kappa shape index (κ1) is 14.9. The largest absolute Gasteiger partial charge is 0.573 e. The number of imidazole rings is 1. The second kappa shape index (κ2) is 5.86. The van der Waals surface area contributed by atoms with Crippen molar-refractivity contribution in [3.8, 4) is 5.75 Å². The van der Waals surface area contributed by atoms with Crippen LogP contribution in [0.5, 0.6) is 5.75 Å². The van der Waals surface area contributed by atoms with Crippen molar-refractivity contribution in [2.75, 3.05) is 0 Å². The van der Waals surface area contributed by atoms with Gasteiger partial charge in [0.25, 0.3) is 5.91 Å². The number of benzene rings is 1. The quantitative estimate of drug-likeness (QED) is 0.942. The molecule has 0 spiro atoms. The first-order valence-electron chi connectivity index (χ1n) is 5.95. The Kier molecular flexibility index (Phi) is 4.15. The van der Waals surface area contributed by atoms with E-state index < -0.39 is 12.3 Å². The highest BCUT2D eigenvalue weighted by atomic mass is 19.4. The number of alkyl halides is 3. The van der Waals surface area contributed by atoms with Crippen molar-refractivity contribution in [1.82, 2.24) is 14.9 Å². The molecule has 1 amide bonds. The fourth-order valence-electron chi connectivity index (χ4n) is 1.72. The molecule has 0 atom stereocenters. The lowest BCUT2D eigenvalue weighted by atomic mass is 10.2. The Morgan fingerprint density at radius 2 is 2.10 bits per heavy atom. The van der Waals surface area contributed by atoms with Gasteiger partial charge in [-0.25, -0.2) is 4.98 Å². The summed E-state index contributed by atoms with van der Waals surface area (Å²) in [6.07, 6.45) is -1.95. The van der Waals surface area contributed by atoms with E-state index in [1.54, 1.807) is 13.1 Å². The van der Waals surface area contributed by atoms with E-state index in [1.165, 1.54) is 35.3 Å². The molecule has 1 heterocycles. The van der Waals surface area contributed by atoms with Crippen molar-refractivity contribution < 1.29 is 22.7 Å². The predicted molar refractivity (Wildman–Crippen MR) is 67.5 cm³/mol. The van der Waals surface area contributed by atoms with E-state index >= 15 is 0 Å². The minimum atomic E-state index is -4.78. The van der Waals surface area contributed by atoms with Crippen molar-refractivity contribution in [3.63, 3.8) is 0 Å². The molecule has 0 saturated carbocycles. The lowest BCUT2D eigenvalue weighted by Gasteiger charge is -2.13. The molecule has 0 aliphatic carbocycles. The first-order valence-corrected chi connectivity index (χ1v) is 5.95. The second-order valence-corrected chi connectivity index (χ2v) is 4.23. The van der Waals surface area contributed by atoms with Crippen molar-refractivity contribution in [3.05, 3.63) is 48.0 Å². The molecule has 1 aromatic heterocycles. The van der Waals surface area contributed by atoms with Gasteiger partial charge in [0, 0.05) is 19.2 Å². The van der Waals surface area contributed by atoms with Crippen LogP contribution >= 0.6 is 0 Å². The maximum atomic E-state index is 12.3. The number of hydrogen-bond donors (Lipinski definition) is 1. The number of rotatable bonds is 4. The monoisotopic (exact) mass is 299 g/mol. The Balaban J connectivity index is 2.07. The first-order chi connectivity index (χ1) is 9.87. The third-order valence-electron chi connectivity index (χ3n) is 2.69. The third kappa shape index (κ3) is 3.98. The van der Waals surface area contributed by atoms with Crippen LogP contribution in [0.2, 0.25) is 0 Å². The minimum Gasteiger partial charge on any atom is -0.405 e. The summed E-state index contributed by atoms with van der Waals surface area (Å²) in [6, 6.07) is 5.63. The number of nitrogens with one attached hydrogen (secondary N) is 1. The number of nitrogens with zero attached hydrogens (tertiary/aromatic N) is 2. The molecule has 5 nitrogen and oxygen atoms in total. The van der Waals surface area contributed by atoms with E-state index in [2.05, 4.69) is 15.0 Å². The maximum absolute atomic E-state index is 12.3. The van der Waals surface area contributed by atoms with Gasteiger partial charge in [-0.2, -0.15) is 0 Å². The fourth-order valence-corrected chi connectivity index (χ4v) is 1.72. The van der Waals surface area contributed by atoms with Crippen LogP contribution in [0.15, 0.2) is 36.8 Å². The zero-order valence-electron chi connectivity index (χ0n) is 11.0. The summed E-state index contributed by atoms with van der Waals surface area (Å²) < 4.78 is 42.2. The standard InChI is InChI=1S/C13H12F3N3O2/c1-19-8-17-7-10(19)12(20)18-6-9-4-2-3-5-11(9)21-13(14,15)16/h2-5,7-8H,6H2,1H3,(H,18,20). The Bertz CT molecular complexity index is 638. The third-order valence-corrected chi connectivity index (χ3v) is 2.69. The van der Waals surface area contributed by atoms with Crippen LogP contribution in [0.4, 0.5) is 13.2 Å². The zero-order valence-corrected chi connectivity index (χ0v) is 11.0. The molecule has 1 aromatic carbocycles. The highest BCUT2D eigenvalue weighted by Gasteiger charge is 2.32. The molecule has 0 unspecified atom stereocenters. The smallest absolute Gasteiger partial charge is 0.405 e. The van der Waals surface area contributed by atoms with Crippen LogP contribution in [0.25, 0.3) is 0 Å². The summed E-state index contributed by atoms with van der Waals surface area (Å²) in [4.78, 5) is 15.7. The Morgan fingerprint density at radius 3 is 2.71 bits per heavy atom. The van der Waals surface area contributed by atoms with E-state index in [0.717, 1.165) is 0 Å². The second-order valence-electron chi connectivity index (χ2n) is 4.23. The summed E-state index contributed by atoms with van der Waals surface area (Å²) >= 11 is 0. The van der Waals surface area contributed by atoms with Gasteiger partial charge in [-0.05, 0) is 6.07 Å². The molecular weight excluding hydrogens is 287 g/mol. The van der Waals surface area contributed by atoms with Crippen LogP contribution < -0.4 is 10.1 Å². The SMILES string of the molecule is Cn1cncc1C(=O)NCc1ccccc1OC(F)(F)F. The van der Waals surface area contributed by atoms with E-state index in [4.69, 9.17) is 0 Å². The van der Waals surface area contributed by atoms with Gasteiger partial charge in [0.05, 0.1) is 12.5 Å². The molecule has 0 saturated heterocycles. The summed E-state index contributed by atoms with van der Waals surface area (Å²) in [6.45, 7) is -0.0870. The summed E-state index contributed by atoms with van der Waals surface area (Å²) in [5.74, 6) is -0.771. The van der Waals surface area contributed by atoms with Crippen LogP contribution in [0.3, 0.4) is 0 Å². The van der Waals surface area contributed by atoms with Gasteiger partial charge in [0.15, 0.2) is 0 Å². The molecular formula is C13H12F3N3O2. The van der Waals surface area contributed by atoms with Crippen molar-refractivity contribution in [2.45, 2.75) is 12.9 Å². The molecule has 0 bridgehead atoms. The molecule has 112 valence electrons. The molecule has 2 rings (SSSR count). The Labute approximate surface area is 118 Å². The average molecular weight is 299 g/mol. The normalized spacial score (nSPS) is 11.2. The van der Waals surface area contributed by atoms with Gasteiger partial charge < -0.3 is 14.6 Å². The molecule has 8 heteroatoms. The minimum absolute atomic E-state index is 0.0870. The Hall–Kier alpha value is -2.51. The van der Waals surface area contributed by atoms with Gasteiger partial charge in [0.1, 0.15) is 11.4 Å². The summed E-state index contributed by atoms with van der Waals surface area (Å²) in [7, 11) is 1.64. The number of hydrogen-bond acceptors (Lipinski definition) is 3. The van der Waals surface area contributed by atoms with E-state index in [-0.39, 0.29) is 17.9 Å². The number of halogens is 3. The van der Waals surface area contributed by atoms with E-state index in [1.807, 2.05) is 0 Å². The highest BCUT2D eigenvalue weighted by molar-refractivity contribution is 5.92. The van der Waals surface area contributed by atoms with Crippen LogP contribution in [0.1, 0.15) is 16.1 Å². The molecule has 21 heavy (non-hydrogen) atoms. The molecule has 1 N–H and O–H groups in total. The number of aromatic nitrogens is 2. The summed E-state index contributed by atoms with van der Waals surface area (Å²) in [5, 5.41) is 2.52. The summed E-state index contributed by atoms with van der Waals surface area (Å²) in [5.41, 5.74) is 0.537. The predicted octanol–water partition coefficient (Wildman–Crippen LogP) is 2.25. The molecule has 0 radical (unpaired) electrons. The highest BCUT2D eigenvalue weighted by Crippen LogP contribution is 2.26. The lowest BCUT2D eigenvalue weighted by Crippen LogP contribution is -2.25. The number of amides is 1. The van der Waals surface area contributed by atoms with Gasteiger partial charge in [-0.3, -0.25) is 4.79 Å². The molecule has 2 aromatic rings. The molecule has 0 aliphatic heterocycles. The van der Waals surface area contributed by atoms with Crippen LogP contribution in [-0.2, 0) is 13.6 Å². The Morgan fingerprint density at radius 1 is 1.38 bits per heavy atom. The number of para-hydroxylation sites is 1. The lowest BCUT2D eigenvalue weighted by molar-refractivity contribution is -0.274. The average Bonchev–Trinajstić information content (AvgIpc) is 2.82. The van der Waals surface area contributed by atoms with Gasteiger partial charge in [-0.15, -0.1) is 13.2 Å². The molecule has 0 aliphatic rings. The van der Waals surface area contributed by atoms with E-state index in [9.17, 15) is 18.0 Å². The van der Waals surface area contributed by atoms with Crippen molar-refractivity contribution in [2.24, 2.45) is 7.05 Å². The number of ether oxygens (including phenoxy) is 1.